The van der Waals surface area contributed by atoms with Gasteiger partial charge in [0.15, 0.2) is 0 Å². The molecule has 0 bridgehead atoms. The summed E-state index contributed by atoms with van der Waals surface area (Å²) in [7, 11) is 0. The number of carbonyl (C=O) groups is 1. The van der Waals surface area contributed by atoms with Gasteiger partial charge in [0.05, 0.1) is 17.7 Å². The minimum absolute atomic E-state index is 0.0831. The molecule has 6 heteroatoms. The lowest BCUT2D eigenvalue weighted by atomic mass is 10.1. The van der Waals surface area contributed by atoms with E-state index in [2.05, 4.69) is 19.1 Å². The molecule has 0 saturated carbocycles. The molecule has 3 heterocycles. The van der Waals surface area contributed by atoms with Crippen LogP contribution < -0.4 is 0 Å². The van der Waals surface area contributed by atoms with E-state index < -0.39 is 0 Å². The minimum atomic E-state index is 0.0831. The SMILES string of the molecule is CCCCN(Cc1ccco1)C(=O)c1cc2c(s1)-c1ccc(Cl)cc1SC2. The molecule has 0 unspecified atom stereocenters. The van der Waals surface area contributed by atoms with E-state index in [1.165, 1.54) is 20.9 Å². The first-order valence-corrected chi connectivity index (χ1v) is 11.2. The number of halogens is 1. The number of nitrogens with zero attached hydrogens (tertiary/aromatic N) is 1. The lowest BCUT2D eigenvalue weighted by Gasteiger charge is -2.20. The number of benzene rings is 1. The van der Waals surface area contributed by atoms with E-state index >= 15 is 0 Å². The number of hydrogen-bond acceptors (Lipinski definition) is 4. The Kier molecular flexibility index (Phi) is 5.62. The number of unbranched alkanes of at least 4 members (excludes halogenated alkanes) is 1. The van der Waals surface area contributed by atoms with Gasteiger partial charge in [0.2, 0.25) is 0 Å². The molecule has 1 aliphatic heterocycles. The molecule has 4 rings (SSSR count). The van der Waals surface area contributed by atoms with Gasteiger partial charge in [-0.2, -0.15) is 0 Å². The highest BCUT2D eigenvalue weighted by atomic mass is 35.5. The van der Waals surface area contributed by atoms with Crippen LogP contribution in [0.4, 0.5) is 0 Å². The third kappa shape index (κ3) is 3.96. The molecule has 1 amide bonds. The Morgan fingerprint density at radius 1 is 1.30 bits per heavy atom. The summed E-state index contributed by atoms with van der Waals surface area (Å²) in [5, 5.41) is 0.752. The topological polar surface area (TPSA) is 33.5 Å². The molecular formula is C21H20ClNO2S2. The third-order valence-electron chi connectivity index (χ3n) is 4.59. The van der Waals surface area contributed by atoms with Crippen molar-refractivity contribution in [3.63, 3.8) is 0 Å². The highest BCUT2D eigenvalue weighted by molar-refractivity contribution is 7.98. The molecule has 0 spiro atoms. The average molecular weight is 418 g/mol. The first-order valence-electron chi connectivity index (χ1n) is 9.02. The molecule has 140 valence electrons. The minimum Gasteiger partial charge on any atom is -0.467 e. The van der Waals surface area contributed by atoms with Crippen LogP contribution in [0.5, 0.6) is 0 Å². The van der Waals surface area contributed by atoms with Crippen molar-refractivity contribution in [3.05, 3.63) is 63.9 Å². The Bertz CT molecular complexity index is 949. The Morgan fingerprint density at radius 3 is 2.96 bits per heavy atom. The summed E-state index contributed by atoms with van der Waals surface area (Å²) in [5.74, 6) is 1.77. The van der Waals surface area contributed by atoms with E-state index in [-0.39, 0.29) is 5.91 Å². The van der Waals surface area contributed by atoms with Gasteiger partial charge in [0.25, 0.3) is 5.91 Å². The fourth-order valence-electron chi connectivity index (χ4n) is 3.18. The largest absolute Gasteiger partial charge is 0.467 e. The summed E-state index contributed by atoms with van der Waals surface area (Å²) >= 11 is 9.50. The van der Waals surface area contributed by atoms with Crippen LogP contribution in [0, 0.1) is 0 Å². The van der Waals surface area contributed by atoms with Gasteiger partial charge in [-0.15, -0.1) is 23.1 Å². The van der Waals surface area contributed by atoms with Gasteiger partial charge < -0.3 is 9.32 Å². The van der Waals surface area contributed by atoms with Gasteiger partial charge in [-0.25, -0.2) is 0 Å². The number of thioether (sulfide) groups is 1. The average Bonchev–Trinajstić information content (AvgIpc) is 3.33. The molecule has 0 saturated heterocycles. The molecule has 1 aliphatic rings. The van der Waals surface area contributed by atoms with Crippen molar-refractivity contribution in [3.8, 4) is 10.4 Å². The van der Waals surface area contributed by atoms with Gasteiger partial charge >= 0.3 is 0 Å². The monoisotopic (exact) mass is 417 g/mol. The van der Waals surface area contributed by atoms with E-state index in [0.29, 0.717) is 6.54 Å². The number of furan rings is 1. The van der Waals surface area contributed by atoms with E-state index in [1.54, 1.807) is 29.4 Å². The summed E-state index contributed by atoms with van der Waals surface area (Å²) in [6, 6.07) is 11.8. The van der Waals surface area contributed by atoms with Gasteiger partial charge in [0, 0.05) is 32.7 Å². The predicted octanol–water partition coefficient (Wildman–Crippen LogP) is 6.71. The molecular weight excluding hydrogens is 398 g/mol. The van der Waals surface area contributed by atoms with E-state index in [9.17, 15) is 4.79 Å². The number of fused-ring (bicyclic) bond motifs is 3. The predicted molar refractivity (Wildman–Crippen MR) is 113 cm³/mol. The quantitative estimate of drug-likeness (QED) is 0.446. The lowest BCUT2D eigenvalue weighted by molar-refractivity contribution is 0.0734. The number of amides is 1. The molecule has 3 aromatic rings. The van der Waals surface area contributed by atoms with Crippen LogP contribution in [-0.4, -0.2) is 17.4 Å². The molecule has 27 heavy (non-hydrogen) atoms. The number of hydrogen-bond donors (Lipinski definition) is 0. The Balaban J connectivity index is 1.62. The molecule has 0 fully saturated rings. The van der Waals surface area contributed by atoms with Gasteiger partial charge in [-0.3, -0.25) is 4.79 Å². The van der Waals surface area contributed by atoms with Gasteiger partial charge in [0.1, 0.15) is 5.76 Å². The summed E-state index contributed by atoms with van der Waals surface area (Å²) in [6.45, 7) is 3.38. The molecule has 3 nitrogen and oxygen atoms in total. The fourth-order valence-corrected chi connectivity index (χ4v) is 5.83. The zero-order chi connectivity index (χ0) is 18.8. The van der Waals surface area contributed by atoms with Crippen LogP contribution in [0.2, 0.25) is 5.02 Å². The van der Waals surface area contributed by atoms with Crippen molar-refractivity contribution in [1.82, 2.24) is 4.90 Å². The number of rotatable bonds is 6. The highest BCUT2D eigenvalue weighted by Crippen LogP contribution is 2.46. The molecule has 0 radical (unpaired) electrons. The van der Waals surface area contributed by atoms with Crippen molar-refractivity contribution in [2.24, 2.45) is 0 Å². The Labute approximate surface area is 172 Å². The van der Waals surface area contributed by atoms with Crippen molar-refractivity contribution >= 4 is 40.6 Å². The summed E-state index contributed by atoms with van der Waals surface area (Å²) < 4.78 is 5.46. The van der Waals surface area contributed by atoms with E-state index in [1.807, 2.05) is 29.2 Å². The summed E-state index contributed by atoms with van der Waals surface area (Å²) in [6.07, 6.45) is 3.68. The van der Waals surface area contributed by atoms with Crippen LogP contribution in [0.1, 0.15) is 40.8 Å². The van der Waals surface area contributed by atoms with Crippen LogP contribution >= 0.6 is 34.7 Å². The second-order valence-electron chi connectivity index (χ2n) is 6.55. The lowest BCUT2D eigenvalue weighted by Crippen LogP contribution is -2.30. The van der Waals surface area contributed by atoms with Gasteiger partial charge in [-0.1, -0.05) is 31.0 Å². The van der Waals surface area contributed by atoms with Crippen molar-refractivity contribution in [1.29, 1.82) is 0 Å². The van der Waals surface area contributed by atoms with Crippen LogP contribution in [0.3, 0.4) is 0 Å². The van der Waals surface area contributed by atoms with E-state index in [4.69, 9.17) is 16.0 Å². The molecule has 0 N–H and O–H groups in total. The van der Waals surface area contributed by atoms with Crippen LogP contribution in [-0.2, 0) is 12.3 Å². The highest BCUT2D eigenvalue weighted by Gasteiger charge is 2.25. The van der Waals surface area contributed by atoms with Crippen molar-refractivity contribution in [2.45, 2.75) is 37.0 Å². The fraction of sp³-hybridized carbons (Fsp3) is 0.286. The van der Waals surface area contributed by atoms with Crippen molar-refractivity contribution < 1.29 is 9.21 Å². The number of thiophene rings is 1. The summed E-state index contributed by atoms with van der Waals surface area (Å²) in [4.78, 5) is 18.3. The first-order chi connectivity index (χ1) is 13.2. The molecule has 0 atom stereocenters. The van der Waals surface area contributed by atoms with Crippen molar-refractivity contribution in [2.75, 3.05) is 6.54 Å². The summed E-state index contributed by atoms with van der Waals surface area (Å²) in [5.41, 5.74) is 2.41. The van der Waals surface area contributed by atoms with Crippen LogP contribution in [0.15, 0.2) is 52.0 Å². The maximum atomic E-state index is 13.2. The second-order valence-corrected chi connectivity index (χ2v) is 9.06. The normalized spacial score (nSPS) is 12.5. The van der Waals surface area contributed by atoms with Gasteiger partial charge in [-0.05, 0) is 42.3 Å². The van der Waals surface area contributed by atoms with E-state index in [0.717, 1.165) is 40.8 Å². The zero-order valence-electron chi connectivity index (χ0n) is 15.0. The third-order valence-corrected chi connectivity index (χ3v) is 7.12. The molecule has 0 aliphatic carbocycles. The smallest absolute Gasteiger partial charge is 0.264 e. The molecule has 1 aromatic carbocycles. The Morgan fingerprint density at radius 2 is 2.19 bits per heavy atom. The number of carbonyl (C=O) groups excluding carboxylic acids is 1. The maximum absolute atomic E-state index is 13.2. The van der Waals surface area contributed by atoms with Crippen LogP contribution in [0.25, 0.3) is 10.4 Å². The Hall–Kier alpha value is -1.69. The zero-order valence-corrected chi connectivity index (χ0v) is 17.4. The standard InChI is InChI=1S/C21H20ClNO2S2/c1-2-3-8-23(12-16-5-4-9-25-16)21(24)19-10-14-13-26-18-11-15(22)6-7-17(18)20(14)27-19/h4-7,9-11H,2-3,8,12-13H2,1H3. The molecule has 2 aromatic heterocycles. The second kappa shape index (κ2) is 8.13. The first kappa shape index (κ1) is 18.7. The maximum Gasteiger partial charge on any atom is 0.264 e.